The molecule has 3 rings (SSSR count). The summed E-state index contributed by atoms with van der Waals surface area (Å²) in [6.45, 7) is 1.44. The van der Waals surface area contributed by atoms with Crippen LogP contribution in [-0.2, 0) is 0 Å². The highest BCUT2D eigenvalue weighted by molar-refractivity contribution is 7.97. The van der Waals surface area contributed by atoms with Crippen molar-refractivity contribution < 1.29 is 24.6 Å². The number of carboxylic acid groups (broad SMARTS) is 1. The van der Waals surface area contributed by atoms with Gasteiger partial charge < -0.3 is 9.84 Å². The predicted octanol–water partition coefficient (Wildman–Crippen LogP) is 2.45. The average molecular weight is 389 g/mol. The van der Waals surface area contributed by atoms with Gasteiger partial charge in [0.15, 0.2) is 0 Å². The summed E-state index contributed by atoms with van der Waals surface area (Å²) in [4.78, 5) is 27.8. The van der Waals surface area contributed by atoms with Crippen molar-refractivity contribution in [2.45, 2.75) is 23.8 Å². The molecule has 0 saturated carbocycles. The van der Waals surface area contributed by atoms with E-state index in [1.54, 1.807) is 24.5 Å². The number of carbonyl (C=O) groups is 2. The predicted molar refractivity (Wildman–Crippen MR) is 98.0 cm³/mol. The number of hydrogen-bond donors (Lipinski definition) is 3. The zero-order chi connectivity index (χ0) is 19.2. The number of nitrogens with one attached hydrogen (secondary N) is 1. The standard InChI is InChI=1S/C18H19N3O5S/c22-17(20-25)16-14(18(23)24)2-1-3-15(16)27-21-10-6-13(7-11-21)26-12-4-8-19-9-5-12/h1-5,8-9,13,25H,6-7,10-11H2,(H,20,22)(H,23,24). The van der Waals surface area contributed by atoms with Gasteiger partial charge in [0.2, 0.25) is 0 Å². The van der Waals surface area contributed by atoms with Gasteiger partial charge in [-0.1, -0.05) is 6.07 Å². The van der Waals surface area contributed by atoms with Crippen LogP contribution in [0, 0.1) is 0 Å². The monoisotopic (exact) mass is 389 g/mol. The van der Waals surface area contributed by atoms with Crippen molar-refractivity contribution in [1.29, 1.82) is 0 Å². The number of nitrogens with zero attached hydrogens (tertiary/aromatic N) is 2. The van der Waals surface area contributed by atoms with Crippen LogP contribution in [0.5, 0.6) is 5.75 Å². The first-order valence-electron chi connectivity index (χ1n) is 8.39. The highest BCUT2D eigenvalue weighted by atomic mass is 32.2. The van der Waals surface area contributed by atoms with Crippen LogP contribution in [0.2, 0.25) is 0 Å². The Kier molecular flexibility index (Phi) is 6.28. The van der Waals surface area contributed by atoms with E-state index in [1.165, 1.54) is 23.5 Å². The Morgan fingerprint density at radius 3 is 2.52 bits per heavy atom. The largest absolute Gasteiger partial charge is 0.490 e. The number of aromatic nitrogens is 1. The molecular formula is C18H19N3O5S. The van der Waals surface area contributed by atoms with Crippen LogP contribution in [0.25, 0.3) is 0 Å². The Hall–Kier alpha value is -2.62. The van der Waals surface area contributed by atoms with Crippen LogP contribution in [0.1, 0.15) is 33.6 Å². The molecule has 8 nitrogen and oxygen atoms in total. The number of benzene rings is 1. The highest BCUT2D eigenvalue weighted by Crippen LogP contribution is 2.31. The number of piperidine rings is 1. The first-order chi connectivity index (χ1) is 13.1. The Balaban J connectivity index is 1.66. The maximum atomic E-state index is 12.0. The van der Waals surface area contributed by atoms with E-state index in [4.69, 9.17) is 9.94 Å². The van der Waals surface area contributed by atoms with Crippen LogP contribution >= 0.6 is 11.9 Å². The minimum Gasteiger partial charge on any atom is -0.490 e. The first-order valence-corrected chi connectivity index (χ1v) is 9.16. The Morgan fingerprint density at radius 2 is 1.89 bits per heavy atom. The van der Waals surface area contributed by atoms with Crippen LogP contribution in [0.4, 0.5) is 0 Å². The van der Waals surface area contributed by atoms with E-state index in [0.29, 0.717) is 4.90 Å². The van der Waals surface area contributed by atoms with Gasteiger partial charge in [0, 0.05) is 30.4 Å². The minimum atomic E-state index is -1.22. The zero-order valence-electron chi connectivity index (χ0n) is 14.4. The SMILES string of the molecule is O=C(O)c1cccc(SN2CCC(Oc3ccncc3)CC2)c1C(=O)NO. The second kappa shape index (κ2) is 8.85. The first kappa shape index (κ1) is 19.2. The smallest absolute Gasteiger partial charge is 0.336 e. The lowest BCUT2D eigenvalue weighted by Crippen LogP contribution is -2.34. The van der Waals surface area contributed by atoms with E-state index in [-0.39, 0.29) is 17.2 Å². The summed E-state index contributed by atoms with van der Waals surface area (Å²) in [6.07, 6.45) is 5.06. The second-order valence-electron chi connectivity index (χ2n) is 5.95. The zero-order valence-corrected chi connectivity index (χ0v) is 15.2. The molecule has 1 aliphatic rings. The van der Waals surface area contributed by atoms with E-state index >= 15 is 0 Å². The molecule has 27 heavy (non-hydrogen) atoms. The number of hydroxylamine groups is 1. The fraction of sp³-hybridized carbons (Fsp3) is 0.278. The van der Waals surface area contributed by atoms with Gasteiger partial charge in [-0.3, -0.25) is 15.0 Å². The molecule has 142 valence electrons. The minimum absolute atomic E-state index is 0.0485. The average Bonchev–Trinajstić information content (AvgIpc) is 2.69. The third-order valence-electron chi connectivity index (χ3n) is 4.17. The number of carbonyl (C=O) groups excluding carboxylic acids is 1. The molecule has 0 radical (unpaired) electrons. The number of pyridine rings is 1. The van der Waals surface area contributed by atoms with Gasteiger partial charge in [-0.2, -0.15) is 0 Å². The second-order valence-corrected chi connectivity index (χ2v) is 7.08. The molecule has 0 spiro atoms. The van der Waals surface area contributed by atoms with Crippen LogP contribution in [0.3, 0.4) is 0 Å². The van der Waals surface area contributed by atoms with Gasteiger partial charge in [-0.25, -0.2) is 14.6 Å². The molecule has 1 fully saturated rings. The lowest BCUT2D eigenvalue weighted by atomic mass is 10.1. The van der Waals surface area contributed by atoms with Crippen molar-refractivity contribution in [2.75, 3.05) is 13.1 Å². The number of amides is 1. The summed E-state index contributed by atoms with van der Waals surface area (Å²) in [7, 11) is 0. The van der Waals surface area contributed by atoms with E-state index in [1.807, 2.05) is 12.1 Å². The topological polar surface area (TPSA) is 112 Å². The summed E-state index contributed by atoms with van der Waals surface area (Å²) in [5.41, 5.74) is 1.33. The summed E-state index contributed by atoms with van der Waals surface area (Å²) in [5.74, 6) is -1.28. The number of rotatable bonds is 6. The van der Waals surface area contributed by atoms with Crippen LogP contribution in [0.15, 0.2) is 47.6 Å². The van der Waals surface area contributed by atoms with Gasteiger partial charge in [0.05, 0.1) is 11.1 Å². The molecule has 2 heterocycles. The highest BCUT2D eigenvalue weighted by Gasteiger charge is 2.25. The maximum absolute atomic E-state index is 12.0. The Labute approximate surface area is 160 Å². The molecule has 1 amide bonds. The number of hydrogen-bond acceptors (Lipinski definition) is 7. The number of aromatic carboxylic acids is 1. The summed E-state index contributed by atoms with van der Waals surface area (Å²) >= 11 is 1.31. The van der Waals surface area contributed by atoms with Gasteiger partial charge in [0.25, 0.3) is 5.91 Å². The number of ether oxygens (including phenoxy) is 1. The molecule has 1 saturated heterocycles. The van der Waals surface area contributed by atoms with Crippen LogP contribution in [-0.4, -0.2) is 50.7 Å². The van der Waals surface area contributed by atoms with Crippen molar-refractivity contribution >= 4 is 23.8 Å². The lowest BCUT2D eigenvalue weighted by Gasteiger charge is -2.31. The van der Waals surface area contributed by atoms with E-state index in [2.05, 4.69) is 9.29 Å². The molecular weight excluding hydrogens is 370 g/mol. The molecule has 1 aromatic heterocycles. The summed E-state index contributed by atoms with van der Waals surface area (Å²) in [5, 5.41) is 18.3. The van der Waals surface area contributed by atoms with E-state index in [9.17, 15) is 14.7 Å². The van der Waals surface area contributed by atoms with Crippen molar-refractivity contribution in [3.8, 4) is 5.75 Å². The molecule has 1 aliphatic heterocycles. The van der Waals surface area contributed by atoms with Crippen molar-refractivity contribution in [2.24, 2.45) is 0 Å². The van der Waals surface area contributed by atoms with E-state index < -0.39 is 11.9 Å². The van der Waals surface area contributed by atoms with E-state index in [0.717, 1.165) is 31.7 Å². The maximum Gasteiger partial charge on any atom is 0.336 e. The van der Waals surface area contributed by atoms with Crippen molar-refractivity contribution in [3.63, 3.8) is 0 Å². The summed E-state index contributed by atoms with van der Waals surface area (Å²) < 4.78 is 7.99. The van der Waals surface area contributed by atoms with Crippen molar-refractivity contribution in [1.82, 2.24) is 14.8 Å². The quantitative estimate of drug-likeness (QED) is 0.392. The van der Waals surface area contributed by atoms with Crippen molar-refractivity contribution in [3.05, 3.63) is 53.9 Å². The van der Waals surface area contributed by atoms with Gasteiger partial charge >= 0.3 is 5.97 Å². The third-order valence-corrected chi connectivity index (χ3v) is 5.33. The Bertz CT molecular complexity index is 810. The fourth-order valence-corrected chi connectivity index (χ4v) is 3.97. The third kappa shape index (κ3) is 4.76. The molecule has 3 N–H and O–H groups in total. The fourth-order valence-electron chi connectivity index (χ4n) is 2.87. The molecule has 0 unspecified atom stereocenters. The summed E-state index contributed by atoms with van der Waals surface area (Å²) in [6, 6.07) is 8.23. The van der Waals surface area contributed by atoms with Gasteiger partial charge in [-0.15, -0.1) is 0 Å². The molecule has 2 aromatic rings. The molecule has 0 bridgehead atoms. The Morgan fingerprint density at radius 1 is 1.19 bits per heavy atom. The molecule has 9 heteroatoms. The van der Waals surface area contributed by atoms with Gasteiger partial charge in [-0.05, 0) is 49.1 Å². The molecule has 1 aromatic carbocycles. The number of carboxylic acids is 1. The molecule has 0 aliphatic carbocycles. The van der Waals surface area contributed by atoms with Gasteiger partial charge in [0.1, 0.15) is 11.9 Å². The molecule has 0 atom stereocenters. The normalized spacial score (nSPS) is 15.3. The lowest BCUT2D eigenvalue weighted by molar-refractivity contribution is 0.0659. The van der Waals surface area contributed by atoms with Crippen LogP contribution < -0.4 is 10.2 Å².